The Labute approximate surface area is 346 Å². The minimum absolute atomic E-state index is 0.0677. The number of hydrogen-bond acceptors (Lipinski definition) is 11. The van der Waals surface area contributed by atoms with Gasteiger partial charge in [0.15, 0.2) is 12.7 Å². The SMILES string of the molecule is CCCCCCCC(=O)OCC1O[C@](COC(=O)CCCCCCC)(OC(=O)CCCCCCC)C(OC(=O)CCCCCCC)[C@@H]1OC(=O)CCCCCCC. The van der Waals surface area contributed by atoms with Crippen LogP contribution < -0.4 is 0 Å². The molecule has 0 bridgehead atoms. The van der Waals surface area contributed by atoms with Crippen molar-refractivity contribution in [2.75, 3.05) is 13.2 Å². The Bertz CT molecular complexity index is 1080. The van der Waals surface area contributed by atoms with E-state index in [1.165, 1.54) is 0 Å². The third-order valence-corrected chi connectivity index (χ3v) is 10.5. The van der Waals surface area contributed by atoms with Crippen LogP contribution in [0.25, 0.3) is 0 Å². The van der Waals surface area contributed by atoms with E-state index in [4.69, 9.17) is 28.4 Å². The van der Waals surface area contributed by atoms with E-state index >= 15 is 0 Å². The molecule has 0 spiro atoms. The molecular formula is C46H82O11. The molecule has 0 amide bonds. The molecule has 1 heterocycles. The smallest absolute Gasteiger partial charge is 0.308 e. The molecule has 11 nitrogen and oxygen atoms in total. The van der Waals surface area contributed by atoms with Gasteiger partial charge in [-0.2, -0.15) is 0 Å². The first-order chi connectivity index (χ1) is 27.7. The lowest BCUT2D eigenvalue weighted by molar-refractivity contribution is -0.271. The zero-order valence-corrected chi connectivity index (χ0v) is 36.9. The molecule has 0 N–H and O–H groups in total. The summed E-state index contributed by atoms with van der Waals surface area (Å²) in [4.78, 5) is 66.7. The highest BCUT2D eigenvalue weighted by molar-refractivity contribution is 5.73. The van der Waals surface area contributed by atoms with Crippen molar-refractivity contribution in [3.63, 3.8) is 0 Å². The predicted octanol–water partition coefficient (Wildman–Crippen LogP) is 11.3. The molecular weight excluding hydrogens is 728 g/mol. The standard InChI is InChI=1S/C46H82O11/c1-6-11-16-21-26-31-39(47)52-36-38-44(54-41(49)33-28-23-18-13-8-3)45(55-42(50)34-29-24-19-14-9-4)46(56-38,57-43(51)35-30-25-20-15-10-5)37-53-40(48)32-27-22-17-12-7-2/h38,44-45H,6-37H2,1-5H3/t38?,44-,45?,46-/m1/s1. The molecule has 57 heavy (non-hydrogen) atoms. The van der Waals surface area contributed by atoms with E-state index in [2.05, 4.69) is 34.6 Å². The number of carbonyl (C=O) groups excluding carboxylic acids is 5. The molecule has 332 valence electrons. The normalized spacial score (nSPS) is 18.9. The maximum atomic E-state index is 13.6. The number of unbranched alkanes of at least 4 members (excludes halogenated alkanes) is 20. The van der Waals surface area contributed by atoms with E-state index in [0.717, 1.165) is 128 Å². The summed E-state index contributed by atoms with van der Waals surface area (Å²) in [5.41, 5.74) is 0. The van der Waals surface area contributed by atoms with Crippen LogP contribution in [0.15, 0.2) is 0 Å². The Hall–Kier alpha value is -2.69. The lowest BCUT2D eigenvalue weighted by Gasteiger charge is -2.33. The number of rotatable bonds is 37. The molecule has 1 fully saturated rings. The minimum Gasteiger partial charge on any atom is -0.463 e. The Morgan fingerprint density at radius 2 is 0.772 bits per heavy atom. The molecule has 0 aliphatic carbocycles. The Kier molecular flexibility index (Phi) is 31.4. The van der Waals surface area contributed by atoms with Gasteiger partial charge < -0.3 is 28.4 Å². The fraction of sp³-hybridized carbons (Fsp3) is 0.891. The number of ether oxygens (including phenoxy) is 6. The van der Waals surface area contributed by atoms with Crippen molar-refractivity contribution in [2.24, 2.45) is 0 Å². The Morgan fingerprint density at radius 1 is 0.421 bits per heavy atom. The van der Waals surface area contributed by atoms with Crippen molar-refractivity contribution in [3.05, 3.63) is 0 Å². The molecule has 1 aliphatic heterocycles. The van der Waals surface area contributed by atoms with Crippen molar-refractivity contribution in [1.82, 2.24) is 0 Å². The lowest BCUT2D eigenvalue weighted by Crippen LogP contribution is -2.53. The van der Waals surface area contributed by atoms with Crippen LogP contribution in [0, 0.1) is 0 Å². The van der Waals surface area contributed by atoms with Crippen LogP contribution in [0.1, 0.15) is 227 Å². The molecule has 4 atom stereocenters. The average Bonchev–Trinajstić information content (AvgIpc) is 3.46. The predicted molar refractivity (Wildman–Crippen MR) is 222 cm³/mol. The Balaban J connectivity index is 3.48. The van der Waals surface area contributed by atoms with Crippen molar-refractivity contribution in [1.29, 1.82) is 0 Å². The zero-order chi connectivity index (χ0) is 42.0. The first kappa shape index (κ1) is 52.3. The second kappa shape index (κ2) is 34.2. The third kappa shape index (κ3) is 24.7. The number of carbonyl (C=O) groups is 5. The van der Waals surface area contributed by atoms with Gasteiger partial charge in [0.05, 0.1) is 0 Å². The van der Waals surface area contributed by atoms with Crippen LogP contribution in [0.3, 0.4) is 0 Å². The van der Waals surface area contributed by atoms with Gasteiger partial charge in [-0.1, -0.05) is 163 Å². The molecule has 0 aromatic heterocycles. The van der Waals surface area contributed by atoms with Gasteiger partial charge in [-0.15, -0.1) is 0 Å². The van der Waals surface area contributed by atoms with Crippen molar-refractivity contribution < 1.29 is 52.4 Å². The molecule has 11 heteroatoms. The van der Waals surface area contributed by atoms with Gasteiger partial charge >= 0.3 is 29.8 Å². The van der Waals surface area contributed by atoms with Gasteiger partial charge in [0.25, 0.3) is 5.79 Å². The topological polar surface area (TPSA) is 141 Å². The second-order valence-electron chi connectivity index (χ2n) is 16.0. The largest absolute Gasteiger partial charge is 0.463 e. The highest BCUT2D eigenvalue weighted by atomic mass is 16.8. The monoisotopic (exact) mass is 811 g/mol. The summed E-state index contributed by atoms with van der Waals surface area (Å²) < 4.78 is 36.2. The molecule has 1 aliphatic rings. The average molecular weight is 811 g/mol. The van der Waals surface area contributed by atoms with Crippen LogP contribution in [0.4, 0.5) is 0 Å². The van der Waals surface area contributed by atoms with E-state index in [0.29, 0.717) is 32.1 Å². The highest BCUT2D eigenvalue weighted by Gasteiger charge is 2.63. The van der Waals surface area contributed by atoms with Crippen molar-refractivity contribution >= 4 is 29.8 Å². The summed E-state index contributed by atoms with van der Waals surface area (Å²) in [5, 5.41) is 0. The van der Waals surface area contributed by atoms with Crippen LogP contribution in [0.2, 0.25) is 0 Å². The molecule has 1 rings (SSSR count). The quantitative estimate of drug-likeness (QED) is 0.0336. The van der Waals surface area contributed by atoms with Crippen LogP contribution in [0.5, 0.6) is 0 Å². The van der Waals surface area contributed by atoms with E-state index in [1.54, 1.807) is 0 Å². The second-order valence-corrected chi connectivity index (χ2v) is 16.0. The number of esters is 5. The molecule has 0 saturated carbocycles. The van der Waals surface area contributed by atoms with E-state index in [-0.39, 0.29) is 38.7 Å². The van der Waals surface area contributed by atoms with Gasteiger partial charge in [-0.3, -0.25) is 24.0 Å². The maximum absolute atomic E-state index is 13.6. The van der Waals surface area contributed by atoms with Crippen LogP contribution in [-0.2, 0) is 52.4 Å². The zero-order valence-electron chi connectivity index (χ0n) is 36.9. The van der Waals surface area contributed by atoms with Gasteiger partial charge in [0.1, 0.15) is 12.7 Å². The van der Waals surface area contributed by atoms with Crippen molar-refractivity contribution in [2.45, 2.75) is 251 Å². The van der Waals surface area contributed by atoms with Crippen molar-refractivity contribution in [3.8, 4) is 0 Å². The van der Waals surface area contributed by atoms with Gasteiger partial charge in [0.2, 0.25) is 6.10 Å². The molecule has 2 unspecified atom stereocenters. The summed E-state index contributed by atoms with van der Waals surface area (Å²) in [7, 11) is 0. The molecule has 1 saturated heterocycles. The van der Waals surface area contributed by atoms with E-state index < -0.39 is 60.6 Å². The summed E-state index contributed by atoms with van der Waals surface area (Å²) in [5.74, 6) is -4.80. The third-order valence-electron chi connectivity index (χ3n) is 10.5. The fourth-order valence-electron chi connectivity index (χ4n) is 7.01. The minimum atomic E-state index is -2.13. The lowest BCUT2D eigenvalue weighted by atomic mass is 10.0. The summed E-state index contributed by atoms with van der Waals surface area (Å²) in [6.07, 6.45) is 19.8. The maximum Gasteiger partial charge on any atom is 0.308 e. The van der Waals surface area contributed by atoms with Crippen LogP contribution in [-0.4, -0.2) is 67.2 Å². The molecule has 0 aromatic rings. The molecule has 0 radical (unpaired) electrons. The molecule has 0 aromatic carbocycles. The summed E-state index contributed by atoms with van der Waals surface area (Å²) in [6.45, 7) is 9.69. The van der Waals surface area contributed by atoms with E-state index in [1.807, 2.05) is 0 Å². The summed E-state index contributed by atoms with van der Waals surface area (Å²) in [6, 6.07) is 0. The van der Waals surface area contributed by atoms with E-state index in [9.17, 15) is 24.0 Å². The van der Waals surface area contributed by atoms with Gasteiger partial charge in [-0.25, -0.2) is 0 Å². The Morgan fingerprint density at radius 3 is 1.19 bits per heavy atom. The van der Waals surface area contributed by atoms with Crippen LogP contribution >= 0.6 is 0 Å². The first-order valence-electron chi connectivity index (χ1n) is 23.3. The van der Waals surface area contributed by atoms with Gasteiger partial charge in [0, 0.05) is 32.1 Å². The summed E-state index contributed by atoms with van der Waals surface area (Å²) >= 11 is 0. The fourth-order valence-corrected chi connectivity index (χ4v) is 7.01. The highest BCUT2D eigenvalue weighted by Crippen LogP contribution is 2.39. The van der Waals surface area contributed by atoms with Gasteiger partial charge in [-0.05, 0) is 32.1 Å². The number of hydrogen-bond donors (Lipinski definition) is 0. The first-order valence-corrected chi connectivity index (χ1v) is 23.3.